The van der Waals surface area contributed by atoms with E-state index >= 15 is 0 Å². The molecule has 1 unspecified atom stereocenters. The fourth-order valence-corrected chi connectivity index (χ4v) is 4.43. The van der Waals surface area contributed by atoms with Crippen molar-refractivity contribution in [3.05, 3.63) is 102 Å². The highest BCUT2D eigenvalue weighted by molar-refractivity contribution is 5.85. The lowest BCUT2D eigenvalue weighted by molar-refractivity contribution is -0.142. The second-order valence-electron chi connectivity index (χ2n) is 12.2. The first-order valence-electron chi connectivity index (χ1n) is 17.0. The summed E-state index contributed by atoms with van der Waals surface area (Å²) in [6.07, 6.45) is 33.0. The quantitative estimate of drug-likeness (QED) is 0.0770. The normalized spacial score (nSPS) is 13.1. The minimum atomic E-state index is -1.19. The van der Waals surface area contributed by atoms with Gasteiger partial charge in [0, 0.05) is 18.4 Å². The van der Waals surface area contributed by atoms with E-state index in [1.54, 1.807) is 0 Å². The average Bonchev–Trinajstić information content (AvgIpc) is 3.03. The Morgan fingerprint density at radius 1 is 0.830 bits per heavy atom. The molecule has 0 spiro atoms. The van der Waals surface area contributed by atoms with Gasteiger partial charge in [-0.05, 0) is 88.8 Å². The number of carboxylic acids is 1. The standard InChI is InChI=1S/C40H58N2O5/c1-6-7-8-9-10-11-12-13-14-15-16-17-18-19-20-21-22-23-24-26-37(43)42-35(38(44)45)32-41-39(46)40(4,5)29-25-30-47-36-31-33(2)27-28-34(36)3/h7-8,10-11,13-14,16-17,19-20,22-23,27-28,31,35H,6,9,12,15,18,21,24-26,29-30,32H2,1-5H3,(H,41,46)(H,42,43)(H,44,45). The Hall–Kier alpha value is -4.13. The van der Waals surface area contributed by atoms with E-state index in [9.17, 15) is 19.5 Å². The number of hydrogen-bond acceptors (Lipinski definition) is 4. The van der Waals surface area contributed by atoms with Crippen molar-refractivity contribution in [2.24, 2.45) is 5.41 Å². The molecule has 47 heavy (non-hydrogen) atoms. The van der Waals surface area contributed by atoms with Gasteiger partial charge in [-0.25, -0.2) is 4.79 Å². The number of carbonyl (C=O) groups is 3. The molecule has 1 aromatic carbocycles. The molecule has 0 bridgehead atoms. The number of carbonyl (C=O) groups excluding carboxylic acids is 2. The molecule has 1 rings (SSSR count). The molecule has 0 aliphatic rings. The van der Waals surface area contributed by atoms with Crippen molar-refractivity contribution in [1.82, 2.24) is 10.6 Å². The molecule has 258 valence electrons. The maximum absolute atomic E-state index is 12.8. The highest BCUT2D eigenvalue weighted by Crippen LogP contribution is 2.24. The van der Waals surface area contributed by atoms with Crippen LogP contribution in [0.1, 0.15) is 96.1 Å². The largest absolute Gasteiger partial charge is 0.493 e. The second-order valence-corrected chi connectivity index (χ2v) is 12.2. The zero-order valence-electron chi connectivity index (χ0n) is 29.3. The zero-order chi connectivity index (χ0) is 34.8. The fraction of sp³-hybridized carbons (Fsp3) is 0.475. The van der Waals surface area contributed by atoms with Crippen LogP contribution in [0, 0.1) is 19.3 Å². The van der Waals surface area contributed by atoms with Crippen molar-refractivity contribution < 1.29 is 24.2 Å². The van der Waals surface area contributed by atoms with Crippen LogP contribution in [0.25, 0.3) is 0 Å². The minimum absolute atomic E-state index is 0.172. The van der Waals surface area contributed by atoms with Gasteiger partial charge in [-0.15, -0.1) is 0 Å². The van der Waals surface area contributed by atoms with Gasteiger partial charge in [0.15, 0.2) is 0 Å². The Morgan fingerprint density at radius 2 is 1.36 bits per heavy atom. The Labute approximate surface area is 283 Å². The monoisotopic (exact) mass is 646 g/mol. The summed E-state index contributed by atoms with van der Waals surface area (Å²) >= 11 is 0. The SMILES string of the molecule is CCC=CCC=CCC=CCC=CCC=CCC=CCCC(=O)NC(CNC(=O)C(C)(C)CCCOc1cc(C)ccc1C)C(=O)O. The third-order valence-electron chi connectivity index (χ3n) is 7.40. The van der Waals surface area contributed by atoms with Crippen LogP contribution in [0.5, 0.6) is 5.75 Å². The van der Waals surface area contributed by atoms with Crippen molar-refractivity contribution in [2.45, 2.75) is 105 Å². The van der Waals surface area contributed by atoms with Gasteiger partial charge < -0.3 is 20.5 Å². The Bertz CT molecular complexity index is 1250. The molecule has 0 aliphatic heterocycles. The van der Waals surface area contributed by atoms with E-state index < -0.39 is 17.4 Å². The molecule has 0 aliphatic carbocycles. The molecule has 0 heterocycles. The number of nitrogens with one attached hydrogen (secondary N) is 2. The molecule has 7 nitrogen and oxygen atoms in total. The van der Waals surface area contributed by atoms with Gasteiger partial charge in [-0.1, -0.05) is 106 Å². The summed E-state index contributed by atoms with van der Waals surface area (Å²) in [7, 11) is 0. The second kappa shape index (κ2) is 25.0. The Morgan fingerprint density at radius 3 is 1.89 bits per heavy atom. The van der Waals surface area contributed by atoms with E-state index in [1.165, 1.54) is 0 Å². The van der Waals surface area contributed by atoms with Gasteiger partial charge in [-0.2, -0.15) is 0 Å². The summed E-state index contributed by atoms with van der Waals surface area (Å²) in [6.45, 7) is 10.1. The van der Waals surface area contributed by atoms with Crippen molar-refractivity contribution in [2.75, 3.05) is 13.2 Å². The first-order chi connectivity index (χ1) is 22.6. The Balaban J connectivity index is 2.24. The van der Waals surface area contributed by atoms with Crippen LogP contribution in [0.3, 0.4) is 0 Å². The fourth-order valence-electron chi connectivity index (χ4n) is 4.43. The number of ether oxygens (including phenoxy) is 1. The first kappa shape index (κ1) is 40.9. The first-order valence-corrected chi connectivity index (χ1v) is 17.0. The molecular weight excluding hydrogens is 588 g/mol. The summed E-state index contributed by atoms with van der Waals surface area (Å²) in [6, 6.07) is 4.86. The number of carboxylic acid groups (broad SMARTS) is 1. The van der Waals surface area contributed by atoms with Gasteiger partial charge in [0.05, 0.1) is 6.61 Å². The molecule has 0 fully saturated rings. The lowest BCUT2D eigenvalue weighted by Crippen LogP contribution is -2.50. The molecule has 0 aromatic heterocycles. The number of rotatable bonds is 24. The minimum Gasteiger partial charge on any atom is -0.493 e. The lowest BCUT2D eigenvalue weighted by Gasteiger charge is -2.25. The van der Waals surface area contributed by atoms with Crippen molar-refractivity contribution in [1.29, 1.82) is 0 Å². The van der Waals surface area contributed by atoms with Crippen molar-refractivity contribution in [3.63, 3.8) is 0 Å². The number of amides is 2. The third kappa shape index (κ3) is 20.6. The molecule has 0 saturated heterocycles. The van der Waals surface area contributed by atoms with Gasteiger partial charge in [0.1, 0.15) is 11.8 Å². The summed E-state index contributed by atoms with van der Waals surface area (Å²) in [5, 5.41) is 14.8. The molecule has 0 radical (unpaired) electrons. The molecule has 7 heteroatoms. The van der Waals surface area contributed by atoms with Crippen LogP contribution in [0.15, 0.2) is 91.1 Å². The number of allylic oxidation sites excluding steroid dienone is 12. The highest BCUT2D eigenvalue weighted by Gasteiger charge is 2.29. The lowest BCUT2D eigenvalue weighted by atomic mass is 9.87. The molecular formula is C40H58N2O5. The molecule has 1 atom stereocenters. The predicted molar refractivity (Wildman–Crippen MR) is 194 cm³/mol. The average molecular weight is 647 g/mol. The van der Waals surface area contributed by atoms with Crippen LogP contribution < -0.4 is 15.4 Å². The third-order valence-corrected chi connectivity index (χ3v) is 7.40. The van der Waals surface area contributed by atoms with Crippen LogP contribution in [0.2, 0.25) is 0 Å². The van der Waals surface area contributed by atoms with Gasteiger partial charge >= 0.3 is 5.97 Å². The summed E-state index contributed by atoms with van der Waals surface area (Å²) in [4.78, 5) is 36.9. The predicted octanol–water partition coefficient (Wildman–Crippen LogP) is 8.65. The zero-order valence-corrected chi connectivity index (χ0v) is 29.3. The summed E-state index contributed by atoms with van der Waals surface area (Å²) in [5.74, 6) is -0.975. The maximum atomic E-state index is 12.8. The van der Waals surface area contributed by atoms with E-state index in [0.29, 0.717) is 25.9 Å². The number of aryl methyl sites for hydroxylation is 2. The Kier molecular flexibility index (Phi) is 21.8. The summed E-state index contributed by atoms with van der Waals surface area (Å²) < 4.78 is 5.90. The van der Waals surface area contributed by atoms with Crippen LogP contribution in [-0.4, -0.2) is 42.1 Å². The topological polar surface area (TPSA) is 105 Å². The highest BCUT2D eigenvalue weighted by atomic mass is 16.5. The van der Waals surface area contributed by atoms with Crippen molar-refractivity contribution in [3.8, 4) is 5.75 Å². The van der Waals surface area contributed by atoms with E-state index in [2.05, 4.69) is 78.3 Å². The number of aliphatic carboxylic acids is 1. The van der Waals surface area contributed by atoms with Crippen LogP contribution >= 0.6 is 0 Å². The molecule has 3 N–H and O–H groups in total. The number of benzene rings is 1. The van der Waals surface area contributed by atoms with E-state index in [0.717, 1.165) is 55.4 Å². The van der Waals surface area contributed by atoms with E-state index in [4.69, 9.17) is 4.74 Å². The van der Waals surface area contributed by atoms with E-state index in [1.807, 2.05) is 58.0 Å². The molecule has 1 aromatic rings. The van der Waals surface area contributed by atoms with Gasteiger partial charge in [0.25, 0.3) is 0 Å². The van der Waals surface area contributed by atoms with Crippen LogP contribution in [0.4, 0.5) is 0 Å². The van der Waals surface area contributed by atoms with Crippen molar-refractivity contribution >= 4 is 17.8 Å². The van der Waals surface area contributed by atoms with Crippen LogP contribution in [-0.2, 0) is 14.4 Å². The molecule has 2 amide bonds. The van der Waals surface area contributed by atoms with Gasteiger partial charge in [0.2, 0.25) is 11.8 Å². The summed E-state index contributed by atoms with van der Waals surface area (Å²) in [5.41, 5.74) is 1.47. The molecule has 0 saturated carbocycles. The van der Waals surface area contributed by atoms with Gasteiger partial charge in [-0.3, -0.25) is 9.59 Å². The number of hydrogen-bond donors (Lipinski definition) is 3. The maximum Gasteiger partial charge on any atom is 0.328 e. The van der Waals surface area contributed by atoms with E-state index in [-0.39, 0.29) is 24.8 Å². The smallest absolute Gasteiger partial charge is 0.328 e.